The summed E-state index contributed by atoms with van der Waals surface area (Å²) in [4.78, 5) is 21.1. The molecule has 0 radical (unpaired) electrons. The molecule has 0 bridgehead atoms. The summed E-state index contributed by atoms with van der Waals surface area (Å²) < 4.78 is 0.907. The Morgan fingerprint density at radius 2 is 1.30 bits per heavy atom. The molecule has 0 aliphatic heterocycles. The predicted octanol–water partition coefficient (Wildman–Crippen LogP) is 6.70. The summed E-state index contributed by atoms with van der Waals surface area (Å²) in [5.41, 5.74) is 6.37. The average molecular weight is 499 g/mol. The Hall–Kier alpha value is -2.67. The van der Waals surface area contributed by atoms with E-state index in [1.54, 1.807) is 24.5 Å². The molecule has 0 N–H and O–H groups in total. The van der Waals surface area contributed by atoms with Crippen molar-refractivity contribution in [2.24, 2.45) is 0 Å². The highest BCUT2D eigenvalue weighted by Crippen LogP contribution is 2.23. The zero-order valence-electron chi connectivity index (χ0n) is 15.7. The van der Waals surface area contributed by atoms with Crippen molar-refractivity contribution < 1.29 is 0 Å². The Bertz CT molecular complexity index is 1320. The summed E-state index contributed by atoms with van der Waals surface area (Å²) in [5.74, 6) is 0. The van der Waals surface area contributed by atoms with Gasteiger partial charge in [-0.2, -0.15) is 0 Å². The lowest BCUT2D eigenvalue weighted by molar-refractivity contribution is 1.20. The first-order chi connectivity index (χ1) is 14.5. The molecule has 0 aliphatic carbocycles. The van der Waals surface area contributed by atoms with Crippen LogP contribution in [0.1, 0.15) is 5.69 Å². The second-order valence-corrected chi connectivity index (χ2v) is 8.10. The number of halogens is 3. The fourth-order valence-electron chi connectivity index (χ4n) is 2.82. The van der Waals surface area contributed by atoms with E-state index in [9.17, 15) is 0 Å². The van der Waals surface area contributed by atoms with E-state index in [0.29, 0.717) is 10.3 Å². The van der Waals surface area contributed by atoms with Gasteiger partial charge in [0.05, 0.1) is 22.1 Å². The van der Waals surface area contributed by atoms with Gasteiger partial charge in [0.2, 0.25) is 0 Å². The van der Waals surface area contributed by atoms with Crippen molar-refractivity contribution >= 4 is 61.2 Å². The molecule has 148 valence electrons. The van der Waals surface area contributed by atoms with Crippen LogP contribution in [-0.4, -0.2) is 24.9 Å². The second-order valence-electron chi connectivity index (χ2n) is 6.41. The van der Waals surface area contributed by atoms with Crippen LogP contribution in [0.2, 0.25) is 10.3 Å². The van der Waals surface area contributed by atoms with Crippen molar-refractivity contribution in [3.8, 4) is 11.1 Å². The molecule has 0 unspecified atom stereocenters. The summed E-state index contributed by atoms with van der Waals surface area (Å²) in [6, 6.07) is 15.0. The van der Waals surface area contributed by atoms with E-state index in [0.717, 1.165) is 43.4 Å². The van der Waals surface area contributed by atoms with Crippen LogP contribution in [0.25, 0.3) is 33.2 Å². The Morgan fingerprint density at radius 3 is 1.97 bits per heavy atom. The number of aromatic nitrogens is 5. The van der Waals surface area contributed by atoms with Gasteiger partial charge in [0.15, 0.2) is 0 Å². The molecule has 0 aromatic carbocycles. The van der Waals surface area contributed by atoms with Crippen LogP contribution in [0.15, 0.2) is 71.6 Å². The first kappa shape index (κ1) is 20.6. The Labute approximate surface area is 191 Å². The quantitative estimate of drug-likeness (QED) is 0.240. The lowest BCUT2D eigenvalue weighted by Crippen LogP contribution is -1.87. The maximum atomic E-state index is 5.89. The standard InChI is InChI=1S/C14H10ClN3.C8H4BrClN2/c1-9-6-10(4-5-16-9)11-7-13-12(17-8-11)2-3-14(15)18-13;9-5-3-7-6(11-4-5)1-2-8(10)12-7/h2-8H,1H3;1-4H. The first-order valence-electron chi connectivity index (χ1n) is 8.91. The minimum absolute atomic E-state index is 0.479. The van der Waals surface area contributed by atoms with E-state index in [1.807, 2.05) is 49.5 Å². The molecule has 5 aromatic rings. The maximum absolute atomic E-state index is 5.89. The fourth-order valence-corrected chi connectivity index (χ4v) is 3.45. The predicted molar refractivity (Wildman–Crippen MR) is 125 cm³/mol. The van der Waals surface area contributed by atoms with Crippen molar-refractivity contribution in [1.82, 2.24) is 24.9 Å². The van der Waals surface area contributed by atoms with Gasteiger partial charge in [-0.05, 0) is 76.9 Å². The molecule has 0 saturated carbocycles. The van der Waals surface area contributed by atoms with Gasteiger partial charge in [0.25, 0.3) is 0 Å². The van der Waals surface area contributed by atoms with Crippen LogP contribution in [0, 0.1) is 6.92 Å². The van der Waals surface area contributed by atoms with Gasteiger partial charge in [0.1, 0.15) is 10.3 Å². The topological polar surface area (TPSA) is 64.5 Å². The van der Waals surface area contributed by atoms with Gasteiger partial charge >= 0.3 is 0 Å². The third kappa shape index (κ3) is 4.90. The smallest absolute Gasteiger partial charge is 0.129 e. The molecule has 0 spiro atoms. The van der Waals surface area contributed by atoms with Crippen LogP contribution in [0.3, 0.4) is 0 Å². The molecule has 0 amide bonds. The second kappa shape index (κ2) is 9.00. The number of pyridine rings is 5. The summed E-state index contributed by atoms with van der Waals surface area (Å²) in [6.07, 6.45) is 5.37. The highest BCUT2D eigenvalue weighted by Gasteiger charge is 2.03. The maximum Gasteiger partial charge on any atom is 0.129 e. The minimum Gasteiger partial charge on any atom is -0.262 e. The number of fused-ring (bicyclic) bond motifs is 2. The van der Waals surface area contributed by atoms with Gasteiger partial charge in [-0.25, -0.2) is 9.97 Å². The monoisotopic (exact) mass is 497 g/mol. The number of hydrogen-bond acceptors (Lipinski definition) is 5. The lowest BCUT2D eigenvalue weighted by Gasteiger charge is -2.04. The van der Waals surface area contributed by atoms with Crippen molar-refractivity contribution in [2.45, 2.75) is 6.92 Å². The zero-order chi connectivity index (χ0) is 21.1. The Morgan fingerprint density at radius 1 is 0.667 bits per heavy atom. The highest BCUT2D eigenvalue weighted by molar-refractivity contribution is 9.10. The third-order valence-corrected chi connectivity index (χ3v) is 5.06. The van der Waals surface area contributed by atoms with Crippen LogP contribution in [-0.2, 0) is 0 Å². The van der Waals surface area contributed by atoms with E-state index in [4.69, 9.17) is 23.2 Å². The molecule has 0 atom stereocenters. The van der Waals surface area contributed by atoms with E-state index in [-0.39, 0.29) is 0 Å². The lowest BCUT2D eigenvalue weighted by atomic mass is 10.1. The number of aryl methyl sites for hydroxylation is 1. The molecule has 5 heterocycles. The van der Waals surface area contributed by atoms with Gasteiger partial charge in [0, 0.05) is 34.3 Å². The number of rotatable bonds is 1. The normalized spacial score (nSPS) is 10.7. The first-order valence-corrected chi connectivity index (χ1v) is 10.5. The van der Waals surface area contributed by atoms with Crippen molar-refractivity contribution in [2.75, 3.05) is 0 Å². The van der Waals surface area contributed by atoms with Crippen LogP contribution in [0.5, 0.6) is 0 Å². The molecule has 5 rings (SSSR count). The molecular formula is C22H14BrCl2N5. The molecule has 8 heteroatoms. The van der Waals surface area contributed by atoms with Crippen molar-refractivity contribution in [3.63, 3.8) is 0 Å². The van der Waals surface area contributed by atoms with Crippen LogP contribution >= 0.6 is 39.1 Å². The van der Waals surface area contributed by atoms with E-state index in [1.165, 1.54) is 0 Å². The van der Waals surface area contributed by atoms with Crippen LogP contribution in [0.4, 0.5) is 0 Å². The molecule has 5 aromatic heterocycles. The van der Waals surface area contributed by atoms with Gasteiger partial charge in [-0.1, -0.05) is 23.2 Å². The largest absolute Gasteiger partial charge is 0.262 e. The zero-order valence-corrected chi connectivity index (χ0v) is 18.8. The summed E-state index contributed by atoms with van der Waals surface area (Å²) in [7, 11) is 0. The van der Waals surface area contributed by atoms with Crippen LogP contribution < -0.4 is 0 Å². The summed E-state index contributed by atoms with van der Waals surface area (Å²) in [5, 5.41) is 0.967. The van der Waals surface area contributed by atoms with Gasteiger partial charge < -0.3 is 0 Å². The van der Waals surface area contributed by atoms with E-state index in [2.05, 4.69) is 40.8 Å². The van der Waals surface area contributed by atoms with Crippen molar-refractivity contribution in [3.05, 3.63) is 87.6 Å². The Balaban J connectivity index is 0.000000158. The minimum atomic E-state index is 0.479. The summed E-state index contributed by atoms with van der Waals surface area (Å²) in [6.45, 7) is 1.97. The van der Waals surface area contributed by atoms with Crippen molar-refractivity contribution in [1.29, 1.82) is 0 Å². The molecule has 30 heavy (non-hydrogen) atoms. The van der Waals surface area contributed by atoms with Gasteiger partial charge in [-0.15, -0.1) is 0 Å². The van der Waals surface area contributed by atoms with E-state index >= 15 is 0 Å². The number of nitrogens with zero attached hydrogens (tertiary/aromatic N) is 5. The third-order valence-electron chi connectivity index (χ3n) is 4.20. The number of hydrogen-bond donors (Lipinski definition) is 0. The summed E-state index contributed by atoms with van der Waals surface area (Å²) >= 11 is 14.9. The highest BCUT2D eigenvalue weighted by atomic mass is 79.9. The molecule has 0 fully saturated rings. The SMILES string of the molecule is Cc1cc(-c2cnc3ccc(Cl)nc3c2)ccn1.Clc1ccc2ncc(Br)cc2n1. The Kier molecular flexibility index (Phi) is 6.18. The fraction of sp³-hybridized carbons (Fsp3) is 0.0455. The molecule has 5 nitrogen and oxygen atoms in total. The van der Waals surface area contributed by atoms with E-state index < -0.39 is 0 Å². The molecular weight excluding hydrogens is 485 g/mol. The molecule has 0 aliphatic rings. The molecule has 0 saturated heterocycles. The van der Waals surface area contributed by atoms with Gasteiger partial charge in [-0.3, -0.25) is 15.0 Å². The average Bonchev–Trinajstić information content (AvgIpc) is 2.73.